The summed E-state index contributed by atoms with van der Waals surface area (Å²) in [5.74, 6) is -0.136. The average molecular weight is 378 g/mol. The van der Waals surface area contributed by atoms with E-state index in [0.29, 0.717) is 21.8 Å². The van der Waals surface area contributed by atoms with Gasteiger partial charge in [0.2, 0.25) is 5.89 Å². The third-order valence-corrected chi connectivity index (χ3v) is 4.58. The van der Waals surface area contributed by atoms with Gasteiger partial charge in [-0.25, -0.2) is 9.00 Å². The number of halogens is 1. The van der Waals surface area contributed by atoms with Crippen LogP contribution in [-0.4, -0.2) is 32.5 Å². The highest BCUT2D eigenvalue weighted by Crippen LogP contribution is 2.21. The Morgan fingerprint density at radius 2 is 1.96 bits per heavy atom. The van der Waals surface area contributed by atoms with Gasteiger partial charge in [-0.15, -0.1) is 5.10 Å². The van der Waals surface area contributed by atoms with Gasteiger partial charge in [-0.1, -0.05) is 16.7 Å². The van der Waals surface area contributed by atoms with Gasteiger partial charge in [0, 0.05) is 16.8 Å². The number of benzene rings is 1. The molecule has 25 heavy (non-hydrogen) atoms. The Balaban J connectivity index is 1.71. The molecule has 0 radical (unpaired) electrons. The first kappa shape index (κ1) is 17.2. The molecule has 0 amide bonds. The molecule has 0 N–H and O–H groups in total. The van der Waals surface area contributed by atoms with Gasteiger partial charge in [0.15, 0.2) is 0 Å². The van der Waals surface area contributed by atoms with E-state index in [1.54, 1.807) is 36.4 Å². The van der Waals surface area contributed by atoms with E-state index < -0.39 is 16.8 Å². The molecule has 0 saturated heterocycles. The number of rotatable bonds is 5. The van der Waals surface area contributed by atoms with Crippen molar-refractivity contribution in [2.45, 2.75) is 11.0 Å². The predicted octanol–water partition coefficient (Wildman–Crippen LogP) is 2.88. The van der Waals surface area contributed by atoms with E-state index in [-0.39, 0.29) is 16.9 Å². The molecule has 0 saturated carbocycles. The van der Waals surface area contributed by atoms with Gasteiger partial charge in [0.25, 0.3) is 0 Å². The van der Waals surface area contributed by atoms with Crippen LogP contribution in [-0.2, 0) is 21.3 Å². The largest absolute Gasteiger partial charge is 0.465 e. The summed E-state index contributed by atoms with van der Waals surface area (Å²) in [7, 11) is -0.265. The van der Waals surface area contributed by atoms with Crippen LogP contribution in [0.25, 0.3) is 11.5 Å². The smallest absolute Gasteiger partial charge is 0.339 e. The maximum absolute atomic E-state index is 12.3. The Bertz CT molecular complexity index is 910. The molecule has 3 rings (SSSR count). The highest BCUT2D eigenvalue weighted by Gasteiger charge is 2.16. The SMILES string of the molecule is COC(=O)c1ccc(CS(=O)c2nnc(-c3ccc(Cl)cc3)o2)nc1. The summed E-state index contributed by atoms with van der Waals surface area (Å²) in [5, 5.41) is 8.31. The van der Waals surface area contributed by atoms with E-state index >= 15 is 0 Å². The summed E-state index contributed by atoms with van der Waals surface area (Å²) in [6, 6.07) is 10.0. The van der Waals surface area contributed by atoms with Crippen molar-refractivity contribution in [3.8, 4) is 11.5 Å². The van der Waals surface area contributed by atoms with Crippen molar-refractivity contribution < 1.29 is 18.2 Å². The van der Waals surface area contributed by atoms with Crippen LogP contribution in [0.2, 0.25) is 5.02 Å². The molecule has 1 atom stereocenters. The minimum atomic E-state index is -1.56. The van der Waals surface area contributed by atoms with Crippen LogP contribution in [0.3, 0.4) is 0 Å². The van der Waals surface area contributed by atoms with Crippen LogP contribution in [0.1, 0.15) is 16.1 Å². The number of aromatic nitrogens is 3. The highest BCUT2D eigenvalue weighted by molar-refractivity contribution is 7.83. The highest BCUT2D eigenvalue weighted by atomic mass is 35.5. The zero-order valence-electron chi connectivity index (χ0n) is 13.0. The molecule has 0 aliphatic rings. The first-order valence-corrected chi connectivity index (χ1v) is 8.77. The second kappa shape index (κ2) is 7.54. The van der Waals surface area contributed by atoms with Crippen molar-refractivity contribution >= 4 is 28.4 Å². The van der Waals surface area contributed by atoms with Crippen molar-refractivity contribution in [2.24, 2.45) is 0 Å². The number of hydrogen-bond donors (Lipinski definition) is 0. The van der Waals surface area contributed by atoms with E-state index in [1.165, 1.54) is 13.3 Å². The topological polar surface area (TPSA) is 95.2 Å². The fourth-order valence-corrected chi connectivity index (χ4v) is 2.95. The number of nitrogens with zero attached hydrogens (tertiary/aromatic N) is 3. The first-order valence-electron chi connectivity index (χ1n) is 7.08. The summed E-state index contributed by atoms with van der Waals surface area (Å²) in [5.41, 5.74) is 1.53. The van der Waals surface area contributed by atoms with Gasteiger partial charge in [-0.2, -0.15) is 0 Å². The molecule has 7 nitrogen and oxygen atoms in total. The van der Waals surface area contributed by atoms with E-state index in [0.717, 1.165) is 0 Å². The molecule has 0 aliphatic heterocycles. The summed E-state index contributed by atoms with van der Waals surface area (Å²) >= 11 is 5.83. The number of hydrogen-bond acceptors (Lipinski definition) is 7. The molecule has 1 unspecified atom stereocenters. The lowest BCUT2D eigenvalue weighted by Crippen LogP contribution is -2.04. The van der Waals surface area contributed by atoms with Crippen LogP contribution >= 0.6 is 11.6 Å². The normalized spacial score (nSPS) is 11.9. The van der Waals surface area contributed by atoms with Crippen LogP contribution in [0.5, 0.6) is 0 Å². The standard InChI is InChI=1S/C16H12ClN3O4S/c1-23-15(21)11-4-7-13(18-8-11)9-25(22)16-20-19-14(24-16)10-2-5-12(17)6-3-10/h2-8H,9H2,1H3. The van der Waals surface area contributed by atoms with Crippen molar-refractivity contribution in [1.29, 1.82) is 0 Å². The van der Waals surface area contributed by atoms with Gasteiger partial charge in [-0.3, -0.25) is 4.98 Å². The number of methoxy groups -OCH3 is 1. The molecule has 9 heteroatoms. The number of ether oxygens (including phenoxy) is 1. The van der Waals surface area contributed by atoms with E-state index in [2.05, 4.69) is 19.9 Å². The van der Waals surface area contributed by atoms with Gasteiger partial charge in [0.05, 0.1) is 24.1 Å². The fourth-order valence-electron chi connectivity index (χ4n) is 1.96. The van der Waals surface area contributed by atoms with Gasteiger partial charge in [0.1, 0.15) is 10.8 Å². The Morgan fingerprint density at radius 3 is 2.60 bits per heavy atom. The Labute approximate surface area is 150 Å². The van der Waals surface area contributed by atoms with E-state index in [1.807, 2.05) is 0 Å². The lowest BCUT2D eigenvalue weighted by molar-refractivity contribution is 0.0600. The first-order chi connectivity index (χ1) is 12.1. The van der Waals surface area contributed by atoms with Crippen molar-refractivity contribution in [3.63, 3.8) is 0 Å². The molecule has 0 bridgehead atoms. The number of carbonyl (C=O) groups excluding carboxylic acids is 1. The van der Waals surface area contributed by atoms with Gasteiger partial charge in [-0.05, 0) is 36.4 Å². The number of esters is 1. The van der Waals surface area contributed by atoms with Crippen LogP contribution in [0.15, 0.2) is 52.2 Å². The molecule has 1 aromatic carbocycles. The minimum Gasteiger partial charge on any atom is -0.465 e. The van der Waals surface area contributed by atoms with E-state index in [9.17, 15) is 9.00 Å². The molecule has 2 aromatic heterocycles. The van der Waals surface area contributed by atoms with Crippen LogP contribution in [0, 0.1) is 0 Å². The monoisotopic (exact) mass is 377 g/mol. The lowest BCUT2D eigenvalue weighted by atomic mass is 10.2. The van der Waals surface area contributed by atoms with Crippen molar-refractivity contribution in [3.05, 3.63) is 58.9 Å². The molecule has 2 heterocycles. The van der Waals surface area contributed by atoms with Gasteiger partial charge >= 0.3 is 11.2 Å². The Kier molecular flexibility index (Phi) is 5.20. The maximum Gasteiger partial charge on any atom is 0.339 e. The molecular weight excluding hydrogens is 366 g/mol. The van der Waals surface area contributed by atoms with Crippen molar-refractivity contribution in [2.75, 3.05) is 7.11 Å². The predicted molar refractivity (Wildman–Crippen MR) is 90.4 cm³/mol. The zero-order chi connectivity index (χ0) is 17.8. The molecule has 0 aliphatic carbocycles. The number of carbonyl (C=O) groups is 1. The summed E-state index contributed by atoms with van der Waals surface area (Å²) in [4.78, 5) is 15.5. The average Bonchev–Trinajstić information content (AvgIpc) is 3.12. The van der Waals surface area contributed by atoms with Crippen molar-refractivity contribution in [1.82, 2.24) is 15.2 Å². The third-order valence-electron chi connectivity index (χ3n) is 3.22. The molecule has 0 fully saturated rings. The zero-order valence-corrected chi connectivity index (χ0v) is 14.6. The minimum absolute atomic E-state index is 0.00351. The maximum atomic E-state index is 12.3. The fraction of sp³-hybridized carbons (Fsp3) is 0.125. The second-order valence-electron chi connectivity index (χ2n) is 4.90. The Morgan fingerprint density at radius 1 is 1.20 bits per heavy atom. The third kappa shape index (κ3) is 4.09. The molecule has 3 aromatic rings. The summed E-state index contributed by atoms with van der Waals surface area (Å²) < 4.78 is 22.4. The van der Waals surface area contributed by atoms with Crippen LogP contribution in [0.4, 0.5) is 0 Å². The Hall–Kier alpha value is -2.58. The quantitative estimate of drug-likeness (QED) is 0.631. The molecule has 128 valence electrons. The summed E-state index contributed by atoms with van der Waals surface area (Å²) in [6.45, 7) is 0. The lowest BCUT2D eigenvalue weighted by Gasteiger charge is -2.01. The molecule has 0 spiro atoms. The second-order valence-corrected chi connectivity index (χ2v) is 6.67. The van der Waals surface area contributed by atoms with Crippen LogP contribution < -0.4 is 0 Å². The van der Waals surface area contributed by atoms with E-state index in [4.69, 9.17) is 16.0 Å². The molecular formula is C16H12ClN3O4S. The van der Waals surface area contributed by atoms with Gasteiger partial charge < -0.3 is 9.15 Å². The number of pyridine rings is 1. The summed E-state index contributed by atoms with van der Waals surface area (Å²) in [6.07, 6.45) is 1.37.